The molecule has 4 aromatic rings. The third-order valence-electron chi connectivity index (χ3n) is 9.24. The molecule has 1 amide bonds. The highest BCUT2D eigenvalue weighted by Gasteiger charge is 2.27. The van der Waals surface area contributed by atoms with E-state index in [0.29, 0.717) is 41.6 Å². The Kier molecular flexibility index (Phi) is 9.93. The Morgan fingerprint density at radius 1 is 0.958 bits per heavy atom. The van der Waals surface area contributed by atoms with Crippen LogP contribution in [-0.2, 0) is 21.6 Å². The molecule has 0 atom stereocenters. The van der Waals surface area contributed by atoms with Crippen LogP contribution in [0.5, 0.6) is 0 Å². The Bertz CT molecular complexity index is 1730. The van der Waals surface area contributed by atoms with Crippen LogP contribution in [-0.4, -0.2) is 73.1 Å². The van der Waals surface area contributed by atoms with Crippen LogP contribution >= 0.6 is 0 Å². The molecule has 2 aliphatic heterocycles. The molecule has 10 heteroatoms. The van der Waals surface area contributed by atoms with Gasteiger partial charge in [0.15, 0.2) is 0 Å². The number of rotatable bonds is 8. The smallest absolute Gasteiger partial charge is 0.337 e. The Morgan fingerprint density at radius 3 is 2.29 bits per heavy atom. The van der Waals surface area contributed by atoms with Crippen LogP contribution in [0, 0.1) is 5.82 Å². The molecule has 2 aliphatic rings. The summed E-state index contributed by atoms with van der Waals surface area (Å²) in [5.41, 5.74) is 6.23. The quantitative estimate of drug-likeness (QED) is 0.212. The number of anilines is 2. The summed E-state index contributed by atoms with van der Waals surface area (Å²) < 4.78 is 26.1. The number of ether oxygens (including phenoxy) is 2. The van der Waals surface area contributed by atoms with E-state index in [4.69, 9.17) is 9.47 Å². The second-order valence-corrected chi connectivity index (χ2v) is 13.6. The van der Waals surface area contributed by atoms with E-state index in [0.717, 1.165) is 62.4 Å². The lowest BCUT2D eigenvalue weighted by atomic mass is 9.89. The summed E-state index contributed by atoms with van der Waals surface area (Å²) in [6.45, 7) is 11.7. The minimum atomic E-state index is -0.394. The van der Waals surface area contributed by atoms with E-state index in [2.05, 4.69) is 32.3 Å². The molecule has 3 aromatic carbocycles. The standard InChI is InChI=1S/C38H44FN5O4/c1-38(2,3)44-35(28-9-11-31(39)12-10-28)33(24-40-44)36(45)41-32-13-14-34(43-19-21-48-22-20-43)30(23-32)25-42-17-15-27(16-18-42)26-5-7-29(8-6-26)37(46)47-4/h5-14,23-24,27H,15-22,25H2,1-4H3,(H,41,45). The summed E-state index contributed by atoms with van der Waals surface area (Å²) in [6.07, 6.45) is 3.63. The first-order valence-corrected chi connectivity index (χ1v) is 16.6. The van der Waals surface area contributed by atoms with Crippen molar-refractivity contribution in [2.75, 3.05) is 56.7 Å². The largest absolute Gasteiger partial charge is 0.465 e. The summed E-state index contributed by atoms with van der Waals surface area (Å²) in [5.74, 6) is -0.493. The summed E-state index contributed by atoms with van der Waals surface area (Å²) >= 11 is 0. The third kappa shape index (κ3) is 7.45. The topological polar surface area (TPSA) is 88.9 Å². The highest BCUT2D eigenvalue weighted by atomic mass is 19.1. The molecule has 0 radical (unpaired) electrons. The van der Waals surface area contributed by atoms with Crippen molar-refractivity contribution < 1.29 is 23.5 Å². The number of amides is 1. The maximum atomic E-state index is 13.8. The van der Waals surface area contributed by atoms with Crippen LogP contribution in [0.3, 0.4) is 0 Å². The minimum Gasteiger partial charge on any atom is -0.465 e. The van der Waals surface area contributed by atoms with Crippen LogP contribution in [0.15, 0.2) is 72.9 Å². The molecule has 0 bridgehead atoms. The van der Waals surface area contributed by atoms with Crippen molar-refractivity contribution in [2.24, 2.45) is 0 Å². The molecule has 0 spiro atoms. The predicted octanol–water partition coefficient (Wildman–Crippen LogP) is 6.70. The second-order valence-electron chi connectivity index (χ2n) is 13.6. The normalized spacial score (nSPS) is 16.1. The number of hydrogen-bond acceptors (Lipinski definition) is 7. The zero-order chi connectivity index (χ0) is 33.8. The SMILES string of the molecule is COC(=O)c1ccc(C2CCN(Cc3cc(NC(=O)c4cnn(C(C)(C)C)c4-c4ccc(F)cc4)ccc3N3CCOCC3)CC2)cc1. The van der Waals surface area contributed by atoms with Gasteiger partial charge in [-0.2, -0.15) is 5.10 Å². The van der Waals surface area contributed by atoms with Gasteiger partial charge in [0.1, 0.15) is 5.82 Å². The number of carbonyl (C=O) groups is 2. The Balaban J connectivity index is 1.21. The molecule has 1 aromatic heterocycles. The molecule has 252 valence electrons. The summed E-state index contributed by atoms with van der Waals surface area (Å²) in [5, 5.41) is 7.72. The fourth-order valence-electron chi connectivity index (χ4n) is 6.68. The maximum absolute atomic E-state index is 13.8. The van der Waals surface area contributed by atoms with Gasteiger partial charge in [0, 0.05) is 36.6 Å². The van der Waals surface area contributed by atoms with Gasteiger partial charge < -0.3 is 19.7 Å². The average molecular weight is 654 g/mol. The number of halogens is 1. The highest BCUT2D eigenvalue weighted by Crippen LogP contribution is 2.33. The van der Waals surface area contributed by atoms with E-state index in [1.807, 2.05) is 55.8 Å². The summed E-state index contributed by atoms with van der Waals surface area (Å²) in [4.78, 5) is 30.5. The molecular weight excluding hydrogens is 609 g/mol. The first kappa shape index (κ1) is 33.4. The molecule has 2 saturated heterocycles. The van der Waals surface area contributed by atoms with Crippen LogP contribution < -0.4 is 10.2 Å². The predicted molar refractivity (Wildman–Crippen MR) is 185 cm³/mol. The van der Waals surface area contributed by atoms with Gasteiger partial charge in [0.2, 0.25) is 0 Å². The Hall–Kier alpha value is -4.54. The third-order valence-corrected chi connectivity index (χ3v) is 9.24. The molecule has 9 nitrogen and oxygen atoms in total. The number of nitrogens with zero attached hydrogens (tertiary/aromatic N) is 4. The number of carbonyl (C=O) groups excluding carboxylic acids is 2. The summed E-state index contributed by atoms with van der Waals surface area (Å²) in [7, 11) is 1.40. The van der Waals surface area contributed by atoms with Crippen LogP contribution in [0.4, 0.5) is 15.8 Å². The molecule has 1 N–H and O–H groups in total. The highest BCUT2D eigenvalue weighted by molar-refractivity contribution is 6.08. The van der Waals surface area contributed by atoms with E-state index in [1.165, 1.54) is 24.8 Å². The van der Waals surface area contributed by atoms with Crippen LogP contribution in [0.1, 0.15) is 71.4 Å². The fraction of sp³-hybridized carbons (Fsp3) is 0.395. The van der Waals surface area contributed by atoms with Crippen molar-refractivity contribution >= 4 is 23.3 Å². The van der Waals surface area contributed by atoms with E-state index in [9.17, 15) is 14.0 Å². The van der Waals surface area contributed by atoms with Gasteiger partial charge in [0.25, 0.3) is 5.91 Å². The Labute approximate surface area is 281 Å². The molecule has 2 fully saturated rings. The monoisotopic (exact) mass is 653 g/mol. The zero-order valence-electron chi connectivity index (χ0n) is 28.2. The molecule has 48 heavy (non-hydrogen) atoms. The van der Waals surface area contributed by atoms with Crippen molar-refractivity contribution in [1.29, 1.82) is 0 Å². The van der Waals surface area contributed by atoms with Gasteiger partial charge in [-0.3, -0.25) is 14.4 Å². The lowest BCUT2D eigenvalue weighted by Gasteiger charge is -2.35. The molecule has 0 saturated carbocycles. The maximum Gasteiger partial charge on any atom is 0.337 e. The number of benzene rings is 3. The van der Waals surface area contributed by atoms with Crippen molar-refractivity contribution in [3.8, 4) is 11.3 Å². The number of aromatic nitrogens is 2. The second kappa shape index (κ2) is 14.3. The van der Waals surface area contributed by atoms with Gasteiger partial charge >= 0.3 is 5.97 Å². The molecule has 0 unspecified atom stereocenters. The van der Waals surface area contributed by atoms with Crippen LogP contribution in [0.2, 0.25) is 0 Å². The first-order chi connectivity index (χ1) is 23.1. The Morgan fingerprint density at radius 2 is 1.65 bits per heavy atom. The summed E-state index contributed by atoms with van der Waals surface area (Å²) in [6, 6.07) is 20.1. The van der Waals surface area contributed by atoms with E-state index in [1.54, 1.807) is 18.3 Å². The van der Waals surface area contributed by atoms with E-state index in [-0.39, 0.29) is 17.7 Å². The van der Waals surface area contributed by atoms with Crippen molar-refractivity contribution in [3.05, 3.63) is 101 Å². The van der Waals surface area contributed by atoms with Crippen molar-refractivity contribution in [1.82, 2.24) is 14.7 Å². The lowest BCUT2D eigenvalue weighted by Crippen LogP contribution is -2.38. The van der Waals surface area contributed by atoms with Crippen molar-refractivity contribution in [2.45, 2.75) is 51.6 Å². The fourth-order valence-corrected chi connectivity index (χ4v) is 6.68. The first-order valence-electron chi connectivity index (χ1n) is 16.6. The van der Waals surface area contributed by atoms with E-state index < -0.39 is 5.54 Å². The van der Waals surface area contributed by atoms with Gasteiger partial charge in [0.05, 0.1) is 48.9 Å². The minimum absolute atomic E-state index is 0.270. The van der Waals surface area contributed by atoms with Gasteiger partial charge in [-0.15, -0.1) is 0 Å². The number of nitrogens with one attached hydrogen (secondary N) is 1. The van der Waals surface area contributed by atoms with E-state index >= 15 is 0 Å². The number of methoxy groups -OCH3 is 1. The zero-order valence-corrected chi connectivity index (χ0v) is 28.2. The van der Waals surface area contributed by atoms with Gasteiger partial charge in [-0.05, 0) is 118 Å². The van der Waals surface area contributed by atoms with Crippen LogP contribution in [0.25, 0.3) is 11.3 Å². The van der Waals surface area contributed by atoms with Crippen molar-refractivity contribution in [3.63, 3.8) is 0 Å². The number of likely N-dealkylation sites (tertiary alicyclic amines) is 1. The van der Waals surface area contributed by atoms with Gasteiger partial charge in [-0.1, -0.05) is 12.1 Å². The number of hydrogen-bond donors (Lipinski definition) is 1. The average Bonchev–Trinajstić information content (AvgIpc) is 3.56. The molecule has 6 rings (SSSR count). The lowest BCUT2D eigenvalue weighted by molar-refractivity contribution is 0.0600. The molecular formula is C38H44FN5O4. The van der Waals surface area contributed by atoms with Gasteiger partial charge in [-0.25, -0.2) is 9.18 Å². The number of esters is 1. The number of morpholine rings is 1. The number of piperidine rings is 1. The molecule has 0 aliphatic carbocycles. The molecule has 3 heterocycles.